The van der Waals surface area contributed by atoms with Crippen LogP contribution in [-0.4, -0.2) is 29.2 Å². The Hall–Kier alpha value is -2.12. The Morgan fingerprint density at radius 3 is 2.83 bits per heavy atom. The number of pyridine rings is 1. The summed E-state index contributed by atoms with van der Waals surface area (Å²) in [5, 5.41) is 14.0. The van der Waals surface area contributed by atoms with E-state index >= 15 is 0 Å². The monoisotopic (exact) mass is 348 g/mol. The SMILES string of the molecule is N=CC(=CN)c1nc(N[C@@H]2CCCC[C@@H]2N)c(Cl)c2c1C(=O)NC2. The summed E-state index contributed by atoms with van der Waals surface area (Å²) in [4.78, 5) is 16.6. The summed E-state index contributed by atoms with van der Waals surface area (Å²) >= 11 is 6.48. The van der Waals surface area contributed by atoms with Crippen LogP contribution in [-0.2, 0) is 6.54 Å². The Morgan fingerprint density at radius 1 is 1.42 bits per heavy atom. The number of anilines is 1. The number of amides is 1. The van der Waals surface area contributed by atoms with E-state index in [9.17, 15) is 4.79 Å². The number of hydrogen-bond acceptors (Lipinski definition) is 6. The first-order valence-corrected chi connectivity index (χ1v) is 8.40. The van der Waals surface area contributed by atoms with E-state index in [1.807, 2.05) is 0 Å². The van der Waals surface area contributed by atoms with Gasteiger partial charge in [-0.25, -0.2) is 4.98 Å². The highest BCUT2D eigenvalue weighted by Gasteiger charge is 2.31. The first-order valence-electron chi connectivity index (χ1n) is 8.02. The Bertz CT molecular complexity index is 717. The number of carbonyl (C=O) groups excluding carboxylic acids is 1. The number of nitrogens with two attached hydrogens (primary N) is 2. The minimum atomic E-state index is -0.253. The number of halogens is 1. The molecule has 128 valence electrons. The van der Waals surface area contributed by atoms with Crippen molar-refractivity contribution in [2.24, 2.45) is 11.5 Å². The summed E-state index contributed by atoms with van der Waals surface area (Å²) in [6.45, 7) is 0.337. The van der Waals surface area contributed by atoms with Gasteiger partial charge in [0.05, 0.1) is 16.3 Å². The van der Waals surface area contributed by atoms with Crippen molar-refractivity contribution in [3.8, 4) is 0 Å². The number of aromatic nitrogens is 1. The van der Waals surface area contributed by atoms with Gasteiger partial charge in [0, 0.05) is 42.2 Å². The van der Waals surface area contributed by atoms with Crippen molar-refractivity contribution in [1.82, 2.24) is 10.3 Å². The zero-order chi connectivity index (χ0) is 17.3. The molecule has 8 heteroatoms. The summed E-state index contributed by atoms with van der Waals surface area (Å²) < 4.78 is 0. The van der Waals surface area contributed by atoms with Crippen LogP contribution in [0.15, 0.2) is 6.20 Å². The van der Waals surface area contributed by atoms with Crippen molar-refractivity contribution in [2.45, 2.75) is 44.3 Å². The van der Waals surface area contributed by atoms with Crippen LogP contribution in [0.1, 0.15) is 47.3 Å². The molecule has 0 bridgehead atoms. The molecule has 1 fully saturated rings. The predicted octanol–water partition coefficient (Wildman–Crippen LogP) is 1.61. The molecule has 3 rings (SSSR count). The highest BCUT2D eigenvalue weighted by atomic mass is 35.5. The molecule has 1 aliphatic carbocycles. The van der Waals surface area contributed by atoms with E-state index in [-0.39, 0.29) is 18.0 Å². The minimum absolute atomic E-state index is 0.0420. The number of nitrogens with one attached hydrogen (secondary N) is 3. The second kappa shape index (κ2) is 6.78. The minimum Gasteiger partial charge on any atom is -0.404 e. The van der Waals surface area contributed by atoms with Crippen LogP contribution in [0.2, 0.25) is 5.02 Å². The van der Waals surface area contributed by atoms with E-state index in [0.717, 1.165) is 31.9 Å². The van der Waals surface area contributed by atoms with Gasteiger partial charge in [0.25, 0.3) is 5.91 Å². The van der Waals surface area contributed by atoms with E-state index in [1.165, 1.54) is 6.20 Å². The predicted molar refractivity (Wildman–Crippen MR) is 95.2 cm³/mol. The summed E-state index contributed by atoms with van der Waals surface area (Å²) in [5.74, 6) is 0.238. The molecule has 0 spiro atoms. The molecule has 2 atom stereocenters. The molecular formula is C16H21ClN6O. The van der Waals surface area contributed by atoms with Crippen LogP contribution in [0.3, 0.4) is 0 Å². The Labute approximate surface area is 145 Å². The summed E-state index contributed by atoms with van der Waals surface area (Å²) in [5.41, 5.74) is 13.6. The average molecular weight is 349 g/mol. The molecule has 1 aromatic rings. The number of rotatable bonds is 4. The molecule has 0 saturated heterocycles. The van der Waals surface area contributed by atoms with Crippen molar-refractivity contribution in [3.63, 3.8) is 0 Å². The Kier molecular flexibility index (Phi) is 4.73. The molecule has 7 N–H and O–H groups in total. The maximum Gasteiger partial charge on any atom is 0.254 e. The molecule has 2 heterocycles. The molecule has 1 aliphatic heterocycles. The van der Waals surface area contributed by atoms with Crippen molar-refractivity contribution in [1.29, 1.82) is 5.41 Å². The third-order valence-corrected chi connectivity index (χ3v) is 5.04. The lowest BCUT2D eigenvalue weighted by molar-refractivity contribution is 0.0965. The number of nitrogens with zero attached hydrogens (tertiary/aromatic N) is 1. The largest absolute Gasteiger partial charge is 0.404 e. The molecule has 0 radical (unpaired) electrons. The molecule has 2 aliphatic rings. The molecule has 0 aromatic carbocycles. The summed E-state index contributed by atoms with van der Waals surface area (Å²) in [7, 11) is 0. The maximum atomic E-state index is 12.1. The van der Waals surface area contributed by atoms with Gasteiger partial charge in [0.15, 0.2) is 0 Å². The highest BCUT2D eigenvalue weighted by Crippen LogP contribution is 2.35. The van der Waals surface area contributed by atoms with E-state index in [1.54, 1.807) is 0 Å². The van der Waals surface area contributed by atoms with Gasteiger partial charge >= 0.3 is 0 Å². The van der Waals surface area contributed by atoms with Gasteiger partial charge in [-0.2, -0.15) is 0 Å². The normalized spacial score (nSPS) is 23.6. The quantitative estimate of drug-likeness (QED) is 0.528. The van der Waals surface area contributed by atoms with Crippen molar-refractivity contribution in [2.75, 3.05) is 5.32 Å². The van der Waals surface area contributed by atoms with E-state index < -0.39 is 0 Å². The molecule has 1 amide bonds. The van der Waals surface area contributed by atoms with Gasteiger partial charge in [-0.1, -0.05) is 24.4 Å². The molecule has 24 heavy (non-hydrogen) atoms. The van der Waals surface area contributed by atoms with E-state index in [2.05, 4.69) is 15.6 Å². The Balaban J connectivity index is 2.06. The fraction of sp³-hybridized carbons (Fsp3) is 0.438. The number of carbonyl (C=O) groups is 1. The first kappa shape index (κ1) is 16.7. The van der Waals surface area contributed by atoms with E-state index in [4.69, 9.17) is 28.5 Å². The lowest BCUT2D eigenvalue weighted by Gasteiger charge is -2.30. The van der Waals surface area contributed by atoms with Crippen LogP contribution in [0.5, 0.6) is 0 Å². The van der Waals surface area contributed by atoms with Crippen LogP contribution in [0.4, 0.5) is 5.82 Å². The molecular weight excluding hydrogens is 328 g/mol. The van der Waals surface area contributed by atoms with Crippen molar-refractivity contribution < 1.29 is 4.79 Å². The fourth-order valence-corrected chi connectivity index (χ4v) is 3.55. The number of allylic oxidation sites excluding steroid dienone is 1. The molecule has 1 saturated carbocycles. The van der Waals surface area contributed by atoms with Crippen LogP contribution in [0.25, 0.3) is 5.57 Å². The average Bonchev–Trinajstić information content (AvgIpc) is 2.97. The van der Waals surface area contributed by atoms with Crippen LogP contribution >= 0.6 is 11.6 Å². The van der Waals surface area contributed by atoms with Gasteiger partial charge < -0.3 is 27.5 Å². The first-order chi connectivity index (χ1) is 11.6. The second-order valence-electron chi connectivity index (χ2n) is 6.12. The molecule has 0 unspecified atom stereocenters. The van der Waals surface area contributed by atoms with E-state index in [0.29, 0.717) is 39.8 Å². The zero-order valence-corrected chi connectivity index (χ0v) is 14.0. The smallest absolute Gasteiger partial charge is 0.254 e. The van der Waals surface area contributed by atoms with Gasteiger partial charge in [0.1, 0.15) is 5.82 Å². The molecule has 1 aromatic heterocycles. The third-order valence-electron chi connectivity index (χ3n) is 4.64. The lowest BCUT2D eigenvalue weighted by atomic mass is 9.91. The van der Waals surface area contributed by atoms with Crippen LogP contribution < -0.4 is 22.1 Å². The van der Waals surface area contributed by atoms with Gasteiger partial charge in [-0.05, 0) is 12.8 Å². The molecule has 7 nitrogen and oxygen atoms in total. The van der Waals surface area contributed by atoms with Crippen molar-refractivity contribution in [3.05, 3.63) is 28.0 Å². The maximum absolute atomic E-state index is 12.1. The van der Waals surface area contributed by atoms with Gasteiger partial charge in [-0.3, -0.25) is 4.79 Å². The number of hydrogen-bond donors (Lipinski definition) is 5. The van der Waals surface area contributed by atoms with Crippen molar-refractivity contribution >= 4 is 35.1 Å². The second-order valence-corrected chi connectivity index (χ2v) is 6.50. The Morgan fingerprint density at radius 2 is 2.17 bits per heavy atom. The topological polar surface area (TPSA) is 130 Å². The van der Waals surface area contributed by atoms with Crippen LogP contribution in [0, 0.1) is 5.41 Å². The summed E-state index contributed by atoms with van der Waals surface area (Å²) in [6.07, 6.45) is 6.50. The number of fused-ring (bicyclic) bond motifs is 1. The van der Waals surface area contributed by atoms with Gasteiger partial charge in [-0.15, -0.1) is 0 Å². The third kappa shape index (κ3) is 2.85. The fourth-order valence-electron chi connectivity index (χ4n) is 3.29. The zero-order valence-electron chi connectivity index (χ0n) is 13.2. The highest BCUT2D eigenvalue weighted by molar-refractivity contribution is 6.34. The lowest BCUT2D eigenvalue weighted by Crippen LogP contribution is -2.42. The summed E-state index contributed by atoms with van der Waals surface area (Å²) in [6, 6.07) is 0.130. The standard InChI is InChI=1S/C16H21ClN6O/c17-13-9-7-21-16(24)12(9)14(8(5-18)6-19)23-15(13)22-11-4-2-1-3-10(11)20/h5-6,10-11,18H,1-4,7,19-20H2,(H,21,24)(H,22,23)/t10-,11+/m0/s1. The van der Waals surface area contributed by atoms with Gasteiger partial charge in [0.2, 0.25) is 0 Å².